The van der Waals surface area contributed by atoms with Crippen LogP contribution in [0.1, 0.15) is 0 Å². The molecule has 1 heterocycles. The van der Waals surface area contributed by atoms with Crippen LogP contribution in [0.4, 0.5) is 5.69 Å². The van der Waals surface area contributed by atoms with Crippen LogP contribution in [-0.4, -0.2) is 25.6 Å². The molecule has 1 unspecified atom stereocenters. The minimum Gasteiger partial charge on any atom is -0.477 e. The number of amides is 1. The summed E-state index contributed by atoms with van der Waals surface area (Å²) in [7, 11) is 1.72. The molecule has 0 spiro atoms. The summed E-state index contributed by atoms with van der Waals surface area (Å²) in [5.74, 6) is 0.582. The third-order valence-electron chi connectivity index (χ3n) is 2.37. The minimum atomic E-state index is -0.566. The first-order chi connectivity index (χ1) is 7.13. The fourth-order valence-electron chi connectivity index (χ4n) is 1.54. The Morgan fingerprint density at radius 2 is 2.33 bits per heavy atom. The minimum absolute atomic E-state index is 0.108. The first kappa shape index (κ1) is 10.4. The zero-order valence-electron chi connectivity index (χ0n) is 8.24. The van der Waals surface area contributed by atoms with E-state index in [2.05, 4.69) is 15.9 Å². The van der Waals surface area contributed by atoms with Gasteiger partial charge >= 0.3 is 0 Å². The summed E-state index contributed by atoms with van der Waals surface area (Å²) >= 11 is 3.35. The molecule has 0 aromatic heterocycles. The summed E-state index contributed by atoms with van der Waals surface area (Å²) < 4.78 is 6.39. The van der Waals surface area contributed by atoms with Crippen LogP contribution < -0.4 is 15.4 Å². The second kappa shape index (κ2) is 3.83. The molecule has 1 atom stereocenters. The Labute approximate surface area is 96.1 Å². The highest BCUT2D eigenvalue weighted by Crippen LogP contribution is 2.35. The second-order valence-corrected chi connectivity index (χ2v) is 4.27. The van der Waals surface area contributed by atoms with E-state index < -0.39 is 6.10 Å². The highest BCUT2D eigenvalue weighted by Gasteiger charge is 2.30. The van der Waals surface area contributed by atoms with E-state index in [9.17, 15) is 4.79 Å². The molecule has 1 aromatic rings. The summed E-state index contributed by atoms with van der Waals surface area (Å²) in [6, 6.07) is 5.54. The van der Waals surface area contributed by atoms with Gasteiger partial charge in [-0.3, -0.25) is 4.79 Å². The van der Waals surface area contributed by atoms with Crippen LogP contribution in [0.3, 0.4) is 0 Å². The van der Waals surface area contributed by atoms with Crippen LogP contribution in [0.2, 0.25) is 0 Å². The van der Waals surface area contributed by atoms with Crippen LogP contribution in [0.5, 0.6) is 5.75 Å². The quantitative estimate of drug-likeness (QED) is 0.833. The Morgan fingerprint density at radius 3 is 3.00 bits per heavy atom. The maximum atomic E-state index is 11.7. The summed E-state index contributed by atoms with van der Waals surface area (Å²) in [6.45, 7) is 0.193. The van der Waals surface area contributed by atoms with Gasteiger partial charge in [-0.25, -0.2) is 0 Å². The molecule has 15 heavy (non-hydrogen) atoms. The van der Waals surface area contributed by atoms with Gasteiger partial charge in [0.05, 0.1) is 5.69 Å². The van der Waals surface area contributed by atoms with Crippen LogP contribution >= 0.6 is 15.9 Å². The van der Waals surface area contributed by atoms with Gasteiger partial charge in [-0.1, -0.05) is 15.9 Å². The Hall–Kier alpha value is -1.07. The molecule has 4 nitrogen and oxygen atoms in total. The normalized spacial score (nSPS) is 19.8. The molecule has 0 radical (unpaired) electrons. The summed E-state index contributed by atoms with van der Waals surface area (Å²) in [5, 5.41) is 0. The first-order valence-electron chi connectivity index (χ1n) is 4.57. The van der Waals surface area contributed by atoms with Crippen molar-refractivity contribution in [3.8, 4) is 5.75 Å². The van der Waals surface area contributed by atoms with E-state index in [1.165, 1.54) is 0 Å². The van der Waals surface area contributed by atoms with Gasteiger partial charge < -0.3 is 15.4 Å². The molecule has 1 aliphatic rings. The third kappa shape index (κ3) is 1.72. The van der Waals surface area contributed by atoms with Crippen molar-refractivity contribution >= 4 is 27.5 Å². The molecule has 0 aliphatic carbocycles. The number of nitrogens with zero attached hydrogens (tertiary/aromatic N) is 1. The number of halogens is 1. The van der Waals surface area contributed by atoms with Crippen molar-refractivity contribution in [3.63, 3.8) is 0 Å². The molecule has 2 N–H and O–H groups in total. The Morgan fingerprint density at radius 1 is 1.60 bits per heavy atom. The van der Waals surface area contributed by atoms with Gasteiger partial charge in [0.2, 0.25) is 0 Å². The molecule has 0 bridgehead atoms. The maximum absolute atomic E-state index is 11.7. The van der Waals surface area contributed by atoms with E-state index in [4.69, 9.17) is 10.5 Å². The Kier molecular flexibility index (Phi) is 2.67. The molecule has 0 saturated carbocycles. The van der Waals surface area contributed by atoms with Crippen molar-refractivity contribution in [2.24, 2.45) is 5.73 Å². The number of likely N-dealkylation sites (N-methyl/N-ethyl adjacent to an activating group) is 1. The molecule has 80 valence electrons. The lowest BCUT2D eigenvalue weighted by Gasteiger charge is -2.31. The number of hydrogen-bond donors (Lipinski definition) is 1. The van der Waals surface area contributed by atoms with Crippen molar-refractivity contribution in [2.75, 3.05) is 18.5 Å². The SMILES string of the molecule is CN1C(=O)C(CN)Oc2ccc(Br)cc21. The third-order valence-corrected chi connectivity index (χ3v) is 2.86. The molecule has 1 aliphatic heterocycles. The van der Waals surface area contributed by atoms with E-state index in [0.717, 1.165) is 10.2 Å². The molecule has 1 aromatic carbocycles. The number of rotatable bonds is 1. The predicted molar refractivity (Wildman–Crippen MR) is 61.0 cm³/mol. The molecular weight excluding hydrogens is 260 g/mol. The lowest BCUT2D eigenvalue weighted by atomic mass is 10.2. The largest absolute Gasteiger partial charge is 0.477 e. The number of ether oxygens (including phenoxy) is 1. The smallest absolute Gasteiger partial charge is 0.269 e. The number of nitrogens with two attached hydrogens (primary N) is 1. The van der Waals surface area contributed by atoms with Crippen molar-refractivity contribution in [2.45, 2.75) is 6.10 Å². The van der Waals surface area contributed by atoms with E-state index in [1.54, 1.807) is 11.9 Å². The van der Waals surface area contributed by atoms with Crippen molar-refractivity contribution in [1.82, 2.24) is 0 Å². The van der Waals surface area contributed by atoms with E-state index >= 15 is 0 Å². The summed E-state index contributed by atoms with van der Waals surface area (Å²) in [5.41, 5.74) is 6.22. The molecular formula is C10H11BrN2O2. The monoisotopic (exact) mass is 270 g/mol. The fourth-order valence-corrected chi connectivity index (χ4v) is 1.89. The fraction of sp³-hybridized carbons (Fsp3) is 0.300. The van der Waals surface area contributed by atoms with Gasteiger partial charge in [0.1, 0.15) is 5.75 Å². The van der Waals surface area contributed by atoms with Crippen LogP contribution in [0.25, 0.3) is 0 Å². The molecule has 2 rings (SSSR count). The highest BCUT2D eigenvalue weighted by molar-refractivity contribution is 9.10. The van der Waals surface area contributed by atoms with Gasteiger partial charge in [-0.2, -0.15) is 0 Å². The predicted octanol–water partition coefficient (Wildman–Crippen LogP) is 1.13. The molecule has 1 amide bonds. The number of anilines is 1. The Bertz CT molecular complexity index is 408. The molecule has 5 heteroatoms. The van der Waals surface area contributed by atoms with Gasteiger partial charge in [0.25, 0.3) is 5.91 Å². The number of hydrogen-bond acceptors (Lipinski definition) is 3. The standard InChI is InChI=1S/C10H11BrN2O2/c1-13-7-4-6(11)2-3-8(7)15-9(5-12)10(13)14/h2-4,9H,5,12H2,1H3. The van der Waals surface area contributed by atoms with Crippen LogP contribution in [0, 0.1) is 0 Å². The zero-order chi connectivity index (χ0) is 11.0. The van der Waals surface area contributed by atoms with E-state index in [-0.39, 0.29) is 12.5 Å². The zero-order valence-corrected chi connectivity index (χ0v) is 9.82. The highest BCUT2D eigenvalue weighted by atomic mass is 79.9. The second-order valence-electron chi connectivity index (χ2n) is 3.35. The first-order valence-corrected chi connectivity index (χ1v) is 5.36. The Balaban J connectivity index is 2.45. The molecule has 0 saturated heterocycles. The summed E-state index contributed by atoms with van der Waals surface area (Å²) in [6.07, 6.45) is -0.566. The van der Waals surface area contributed by atoms with Crippen LogP contribution in [-0.2, 0) is 4.79 Å². The van der Waals surface area contributed by atoms with Gasteiger partial charge in [0.15, 0.2) is 6.10 Å². The summed E-state index contributed by atoms with van der Waals surface area (Å²) in [4.78, 5) is 13.3. The lowest BCUT2D eigenvalue weighted by Crippen LogP contribution is -2.47. The number of carbonyl (C=O) groups excluding carboxylic acids is 1. The van der Waals surface area contributed by atoms with Crippen molar-refractivity contribution in [1.29, 1.82) is 0 Å². The van der Waals surface area contributed by atoms with Crippen molar-refractivity contribution < 1.29 is 9.53 Å². The van der Waals surface area contributed by atoms with Crippen molar-refractivity contribution in [3.05, 3.63) is 22.7 Å². The number of carbonyl (C=O) groups is 1. The lowest BCUT2D eigenvalue weighted by molar-refractivity contribution is -0.125. The topological polar surface area (TPSA) is 55.6 Å². The average Bonchev–Trinajstić information content (AvgIpc) is 2.24. The van der Waals surface area contributed by atoms with E-state index in [0.29, 0.717) is 5.75 Å². The number of benzene rings is 1. The van der Waals surface area contributed by atoms with Gasteiger partial charge in [-0.15, -0.1) is 0 Å². The van der Waals surface area contributed by atoms with E-state index in [1.807, 2.05) is 18.2 Å². The van der Waals surface area contributed by atoms with Crippen LogP contribution in [0.15, 0.2) is 22.7 Å². The number of fused-ring (bicyclic) bond motifs is 1. The molecule has 0 fully saturated rings. The van der Waals surface area contributed by atoms with Gasteiger partial charge in [-0.05, 0) is 18.2 Å². The maximum Gasteiger partial charge on any atom is 0.269 e. The van der Waals surface area contributed by atoms with Gasteiger partial charge in [0, 0.05) is 18.1 Å². The average molecular weight is 271 g/mol.